The minimum Gasteiger partial charge on any atom is -0.491 e. The molecule has 1 fully saturated rings. The Labute approximate surface area is 157 Å². The van der Waals surface area contributed by atoms with Crippen molar-refractivity contribution in [1.29, 1.82) is 0 Å². The molecule has 2 aromatic rings. The number of aromatic nitrogens is 2. The zero-order chi connectivity index (χ0) is 18.6. The van der Waals surface area contributed by atoms with Crippen LogP contribution in [0.15, 0.2) is 24.4 Å². The summed E-state index contributed by atoms with van der Waals surface area (Å²) < 4.78 is 5.70. The van der Waals surface area contributed by atoms with Crippen molar-refractivity contribution in [3.63, 3.8) is 0 Å². The number of anilines is 4. The fourth-order valence-electron chi connectivity index (χ4n) is 3.17. The monoisotopic (exact) mass is 368 g/mol. The second-order valence-corrected chi connectivity index (χ2v) is 6.96. The normalized spacial score (nSPS) is 16.1. The smallest absolute Gasteiger partial charge is 0.254 e. The van der Waals surface area contributed by atoms with Gasteiger partial charge in [-0.25, -0.2) is 4.98 Å². The van der Waals surface area contributed by atoms with Gasteiger partial charge in [-0.3, -0.25) is 4.79 Å². The number of hydrogen-bond acceptors (Lipinski definition) is 7. The third kappa shape index (κ3) is 4.05. The molecule has 1 aromatic heterocycles. The number of hydrogen-bond donors (Lipinski definition) is 4. The predicted molar refractivity (Wildman–Crippen MR) is 105 cm³/mol. The Morgan fingerprint density at radius 1 is 1.33 bits per heavy atom. The van der Waals surface area contributed by atoms with Gasteiger partial charge < -0.3 is 26.4 Å². The second-order valence-electron chi connectivity index (χ2n) is 6.96. The summed E-state index contributed by atoms with van der Waals surface area (Å²) in [5, 5.41) is 9.80. The molecule has 1 saturated carbocycles. The number of benzene rings is 1. The summed E-state index contributed by atoms with van der Waals surface area (Å²) in [7, 11) is 0. The summed E-state index contributed by atoms with van der Waals surface area (Å²) in [5.41, 5.74) is 7.54. The van der Waals surface area contributed by atoms with E-state index in [2.05, 4.69) is 25.9 Å². The van der Waals surface area contributed by atoms with Crippen molar-refractivity contribution in [3.8, 4) is 5.75 Å². The van der Waals surface area contributed by atoms with E-state index in [9.17, 15) is 4.79 Å². The van der Waals surface area contributed by atoms with Gasteiger partial charge in [0.15, 0.2) is 0 Å². The van der Waals surface area contributed by atoms with Crippen LogP contribution < -0.4 is 26.4 Å². The average Bonchev–Trinajstić information content (AvgIpc) is 2.85. The van der Waals surface area contributed by atoms with E-state index in [-0.39, 0.29) is 0 Å². The van der Waals surface area contributed by atoms with Crippen LogP contribution in [0.5, 0.6) is 5.75 Å². The minimum atomic E-state index is -0.538. The van der Waals surface area contributed by atoms with Crippen molar-refractivity contribution in [2.45, 2.75) is 25.7 Å². The van der Waals surface area contributed by atoms with E-state index in [1.165, 1.54) is 25.5 Å². The first-order chi connectivity index (χ1) is 13.2. The fourth-order valence-corrected chi connectivity index (χ4v) is 3.17. The molecule has 1 amide bonds. The van der Waals surface area contributed by atoms with Crippen LogP contribution in [0.4, 0.5) is 23.1 Å². The van der Waals surface area contributed by atoms with Crippen LogP contribution in [0.1, 0.15) is 36.0 Å². The van der Waals surface area contributed by atoms with Gasteiger partial charge in [-0.15, -0.1) is 0 Å². The number of nitrogens with zero attached hydrogens (tertiary/aromatic N) is 2. The standard InChI is InChI=1S/C19H24N6O2/c20-17(26)14-11-23-19(25-18(14)22-10-12-3-1-4-12)24-13-5-6-16-15(9-13)21-7-2-8-27-16/h5-6,9,11-12,21H,1-4,7-8,10H2,(H2,20,26)(H2,22,23,24,25). The van der Waals surface area contributed by atoms with Gasteiger partial charge in [-0.05, 0) is 43.4 Å². The topological polar surface area (TPSA) is 114 Å². The lowest BCUT2D eigenvalue weighted by molar-refractivity contribution is 0.100. The third-order valence-electron chi connectivity index (χ3n) is 4.97. The van der Waals surface area contributed by atoms with Gasteiger partial charge >= 0.3 is 0 Å². The molecule has 142 valence electrons. The van der Waals surface area contributed by atoms with Crippen molar-refractivity contribution in [3.05, 3.63) is 30.0 Å². The van der Waals surface area contributed by atoms with Gasteiger partial charge in [0.2, 0.25) is 5.95 Å². The van der Waals surface area contributed by atoms with Crippen LogP contribution in [0.2, 0.25) is 0 Å². The highest BCUT2D eigenvalue weighted by Gasteiger charge is 2.19. The van der Waals surface area contributed by atoms with E-state index in [4.69, 9.17) is 10.5 Å². The van der Waals surface area contributed by atoms with E-state index < -0.39 is 5.91 Å². The molecule has 8 nitrogen and oxygen atoms in total. The third-order valence-corrected chi connectivity index (χ3v) is 4.97. The van der Waals surface area contributed by atoms with Gasteiger partial charge in [0, 0.05) is 25.0 Å². The SMILES string of the molecule is NC(=O)c1cnc(Nc2ccc3c(c2)NCCCO3)nc1NCC1CCC1. The maximum absolute atomic E-state index is 11.7. The molecule has 4 rings (SSSR count). The highest BCUT2D eigenvalue weighted by atomic mass is 16.5. The number of carbonyl (C=O) groups excluding carboxylic acids is 1. The maximum Gasteiger partial charge on any atom is 0.254 e. The van der Waals surface area contributed by atoms with Gasteiger partial charge in [-0.2, -0.15) is 4.98 Å². The number of amides is 1. The Hall–Kier alpha value is -3.03. The first-order valence-electron chi connectivity index (χ1n) is 9.37. The fraction of sp³-hybridized carbons (Fsp3) is 0.421. The summed E-state index contributed by atoms with van der Waals surface area (Å²) in [4.78, 5) is 20.4. The summed E-state index contributed by atoms with van der Waals surface area (Å²) in [6.45, 7) is 2.37. The second kappa shape index (κ2) is 7.69. The molecule has 0 saturated heterocycles. The number of ether oxygens (including phenoxy) is 1. The van der Waals surface area contributed by atoms with Gasteiger partial charge in [0.1, 0.15) is 11.6 Å². The van der Waals surface area contributed by atoms with E-state index in [0.717, 1.165) is 36.6 Å². The van der Waals surface area contributed by atoms with Crippen LogP contribution in [0.25, 0.3) is 0 Å². The van der Waals surface area contributed by atoms with Crippen molar-refractivity contribution >= 4 is 29.0 Å². The lowest BCUT2D eigenvalue weighted by Crippen LogP contribution is -2.24. The predicted octanol–water partition coefficient (Wildman–Crippen LogP) is 2.73. The average molecular weight is 368 g/mol. The first kappa shape index (κ1) is 17.4. The molecule has 2 aliphatic rings. The number of fused-ring (bicyclic) bond motifs is 1. The number of nitrogens with two attached hydrogens (primary N) is 1. The van der Waals surface area contributed by atoms with E-state index >= 15 is 0 Å². The maximum atomic E-state index is 11.7. The number of rotatable bonds is 6. The highest BCUT2D eigenvalue weighted by molar-refractivity contribution is 5.97. The number of carbonyl (C=O) groups is 1. The molecule has 1 aliphatic heterocycles. The van der Waals surface area contributed by atoms with Crippen LogP contribution >= 0.6 is 0 Å². The lowest BCUT2D eigenvalue weighted by Gasteiger charge is -2.26. The number of nitrogens with one attached hydrogen (secondary N) is 3. The van der Waals surface area contributed by atoms with Crippen molar-refractivity contribution in [2.24, 2.45) is 11.7 Å². The molecular formula is C19H24N6O2. The van der Waals surface area contributed by atoms with Crippen molar-refractivity contribution in [2.75, 3.05) is 35.6 Å². The van der Waals surface area contributed by atoms with E-state index in [1.54, 1.807) is 0 Å². The van der Waals surface area contributed by atoms with Crippen LogP contribution in [0, 0.1) is 5.92 Å². The Bertz CT molecular complexity index is 837. The summed E-state index contributed by atoms with van der Waals surface area (Å²) >= 11 is 0. The largest absolute Gasteiger partial charge is 0.491 e. The number of primary amides is 1. The molecule has 5 N–H and O–H groups in total. The zero-order valence-electron chi connectivity index (χ0n) is 15.1. The molecule has 8 heteroatoms. The van der Waals surface area contributed by atoms with Crippen molar-refractivity contribution < 1.29 is 9.53 Å². The quantitative estimate of drug-likeness (QED) is 0.620. The van der Waals surface area contributed by atoms with Gasteiger partial charge in [-0.1, -0.05) is 6.42 Å². The summed E-state index contributed by atoms with van der Waals surface area (Å²) in [6.07, 6.45) is 6.11. The molecule has 0 radical (unpaired) electrons. The molecule has 0 unspecified atom stereocenters. The molecule has 1 aromatic carbocycles. The molecule has 0 spiro atoms. The summed E-state index contributed by atoms with van der Waals surface area (Å²) in [5.74, 6) is 1.82. The van der Waals surface area contributed by atoms with Crippen LogP contribution in [-0.2, 0) is 0 Å². The Morgan fingerprint density at radius 3 is 3.00 bits per heavy atom. The van der Waals surface area contributed by atoms with Crippen LogP contribution in [-0.4, -0.2) is 35.6 Å². The lowest BCUT2D eigenvalue weighted by atomic mass is 9.85. The van der Waals surface area contributed by atoms with Gasteiger partial charge in [0.25, 0.3) is 5.91 Å². The molecule has 2 heterocycles. The molecule has 0 atom stereocenters. The summed E-state index contributed by atoms with van der Waals surface area (Å²) in [6, 6.07) is 5.80. The Balaban J connectivity index is 1.52. The van der Waals surface area contributed by atoms with Crippen LogP contribution in [0.3, 0.4) is 0 Å². The molecule has 27 heavy (non-hydrogen) atoms. The Morgan fingerprint density at radius 2 is 2.22 bits per heavy atom. The highest BCUT2D eigenvalue weighted by Crippen LogP contribution is 2.31. The van der Waals surface area contributed by atoms with E-state index in [0.29, 0.717) is 29.9 Å². The molecule has 0 bridgehead atoms. The minimum absolute atomic E-state index is 0.303. The Kier molecular flexibility index (Phi) is 4.95. The zero-order valence-corrected chi connectivity index (χ0v) is 15.1. The van der Waals surface area contributed by atoms with Crippen molar-refractivity contribution in [1.82, 2.24) is 9.97 Å². The van der Waals surface area contributed by atoms with E-state index in [1.807, 2.05) is 18.2 Å². The van der Waals surface area contributed by atoms with Gasteiger partial charge in [0.05, 0.1) is 17.9 Å². The molecule has 1 aliphatic carbocycles. The first-order valence-corrected chi connectivity index (χ1v) is 9.37. The molecular weight excluding hydrogens is 344 g/mol.